The summed E-state index contributed by atoms with van der Waals surface area (Å²) >= 11 is 1.41. The molecule has 1 heterocycles. The van der Waals surface area contributed by atoms with E-state index in [-0.39, 0.29) is 17.6 Å². The molecule has 4 nitrogen and oxygen atoms in total. The van der Waals surface area contributed by atoms with Crippen molar-refractivity contribution < 1.29 is 9.18 Å². The fourth-order valence-corrected chi connectivity index (χ4v) is 4.06. The van der Waals surface area contributed by atoms with E-state index >= 15 is 0 Å². The summed E-state index contributed by atoms with van der Waals surface area (Å²) in [6.45, 7) is 0. The molecule has 0 spiro atoms. The lowest BCUT2D eigenvalue weighted by molar-refractivity contribution is -0.119. The normalized spacial score (nSPS) is 14.3. The van der Waals surface area contributed by atoms with Crippen molar-refractivity contribution in [3.8, 4) is 11.3 Å². The van der Waals surface area contributed by atoms with Gasteiger partial charge in [0, 0.05) is 22.5 Å². The fraction of sp³-hybridized carbons (Fsp3) is 0.238. The minimum atomic E-state index is -0.314. The maximum atomic E-state index is 13.8. The maximum Gasteiger partial charge on any atom is 0.227 e. The van der Waals surface area contributed by atoms with E-state index in [0.29, 0.717) is 10.8 Å². The van der Waals surface area contributed by atoms with E-state index < -0.39 is 0 Å². The first kappa shape index (κ1) is 17.7. The van der Waals surface area contributed by atoms with Crippen molar-refractivity contribution in [1.29, 1.82) is 0 Å². The highest BCUT2D eigenvalue weighted by Crippen LogP contribution is 2.30. The lowest BCUT2D eigenvalue weighted by atomic mass is 10.1. The Kier molecular flexibility index (Phi) is 5.16. The molecule has 2 N–H and O–H groups in total. The molecule has 1 fully saturated rings. The van der Waals surface area contributed by atoms with Gasteiger partial charge in [-0.3, -0.25) is 4.79 Å². The standard InChI is InChI=1S/C21H20FN3OS/c22-17-10-3-4-11-18(17)24-21-25-19(13-27-21)15-8-5-9-16(12-15)23-20(26)14-6-1-2-7-14/h3-5,8-14H,1-2,6-7H2,(H,23,26)(H,24,25). The summed E-state index contributed by atoms with van der Waals surface area (Å²) in [6, 6.07) is 14.2. The predicted octanol–water partition coefficient (Wildman–Crippen LogP) is 5.82. The Bertz CT molecular complexity index is 950. The SMILES string of the molecule is O=C(Nc1cccc(-c2csc(Nc3ccccc3F)n2)c1)C1CCCC1. The molecule has 6 heteroatoms. The van der Waals surface area contributed by atoms with E-state index in [2.05, 4.69) is 15.6 Å². The minimum absolute atomic E-state index is 0.102. The van der Waals surface area contributed by atoms with E-state index in [1.807, 2.05) is 29.6 Å². The number of nitrogens with zero attached hydrogens (tertiary/aromatic N) is 1. The molecular formula is C21H20FN3OS. The first-order valence-electron chi connectivity index (χ1n) is 9.07. The third kappa shape index (κ3) is 4.17. The van der Waals surface area contributed by atoms with Gasteiger partial charge in [0.2, 0.25) is 5.91 Å². The number of carbonyl (C=O) groups is 1. The monoisotopic (exact) mass is 381 g/mol. The average Bonchev–Trinajstić information content (AvgIpc) is 3.36. The zero-order chi connectivity index (χ0) is 18.6. The van der Waals surface area contributed by atoms with Gasteiger partial charge in [-0.2, -0.15) is 0 Å². The molecule has 0 bridgehead atoms. The zero-order valence-electron chi connectivity index (χ0n) is 14.7. The lowest BCUT2D eigenvalue weighted by Gasteiger charge is -2.11. The van der Waals surface area contributed by atoms with Crippen molar-refractivity contribution >= 4 is 33.8 Å². The predicted molar refractivity (Wildman–Crippen MR) is 108 cm³/mol. The summed E-state index contributed by atoms with van der Waals surface area (Å²) in [6.07, 6.45) is 4.22. The molecule has 1 amide bonds. The first-order chi connectivity index (χ1) is 13.2. The molecular weight excluding hydrogens is 361 g/mol. The number of thiazole rings is 1. The van der Waals surface area contributed by atoms with Crippen LogP contribution < -0.4 is 10.6 Å². The number of amides is 1. The topological polar surface area (TPSA) is 54.0 Å². The Morgan fingerprint density at radius 3 is 2.74 bits per heavy atom. The van der Waals surface area contributed by atoms with Gasteiger partial charge in [0.1, 0.15) is 5.82 Å². The Morgan fingerprint density at radius 1 is 1.11 bits per heavy atom. The molecule has 1 aromatic heterocycles. The third-order valence-corrected chi connectivity index (χ3v) is 5.53. The summed E-state index contributed by atoms with van der Waals surface area (Å²) in [5.41, 5.74) is 2.88. The molecule has 4 rings (SSSR count). The van der Waals surface area contributed by atoms with E-state index in [9.17, 15) is 9.18 Å². The van der Waals surface area contributed by atoms with Crippen molar-refractivity contribution in [2.75, 3.05) is 10.6 Å². The number of halogens is 1. The van der Waals surface area contributed by atoms with Crippen LogP contribution in [0.2, 0.25) is 0 Å². The van der Waals surface area contributed by atoms with Gasteiger partial charge >= 0.3 is 0 Å². The van der Waals surface area contributed by atoms with Crippen molar-refractivity contribution in [2.24, 2.45) is 5.92 Å². The molecule has 2 aromatic carbocycles. The summed E-state index contributed by atoms with van der Waals surface area (Å²) in [4.78, 5) is 16.9. The molecule has 0 radical (unpaired) electrons. The number of hydrogen-bond donors (Lipinski definition) is 2. The second-order valence-electron chi connectivity index (χ2n) is 6.69. The van der Waals surface area contributed by atoms with Gasteiger partial charge < -0.3 is 10.6 Å². The number of rotatable bonds is 5. The molecule has 0 atom stereocenters. The van der Waals surface area contributed by atoms with Crippen molar-refractivity contribution in [3.63, 3.8) is 0 Å². The van der Waals surface area contributed by atoms with Crippen LogP contribution in [0.1, 0.15) is 25.7 Å². The van der Waals surface area contributed by atoms with Gasteiger partial charge in [0.25, 0.3) is 0 Å². The molecule has 0 unspecified atom stereocenters. The van der Waals surface area contributed by atoms with Crippen LogP contribution in [0.15, 0.2) is 53.9 Å². The summed E-state index contributed by atoms with van der Waals surface area (Å²) < 4.78 is 13.8. The molecule has 1 aliphatic rings. The number of nitrogens with one attached hydrogen (secondary N) is 2. The van der Waals surface area contributed by atoms with Crippen molar-refractivity contribution in [3.05, 3.63) is 59.7 Å². The quantitative estimate of drug-likeness (QED) is 0.585. The van der Waals surface area contributed by atoms with Crippen LogP contribution in [-0.4, -0.2) is 10.9 Å². The Hall–Kier alpha value is -2.73. The van der Waals surface area contributed by atoms with Crippen LogP contribution in [0, 0.1) is 11.7 Å². The second-order valence-corrected chi connectivity index (χ2v) is 7.55. The number of aromatic nitrogens is 1. The van der Waals surface area contributed by atoms with Crippen molar-refractivity contribution in [2.45, 2.75) is 25.7 Å². The lowest BCUT2D eigenvalue weighted by Crippen LogP contribution is -2.20. The van der Waals surface area contributed by atoms with Gasteiger partial charge in [0.15, 0.2) is 5.13 Å². The maximum absolute atomic E-state index is 13.8. The van der Waals surface area contributed by atoms with E-state index in [1.54, 1.807) is 18.2 Å². The van der Waals surface area contributed by atoms with Crippen LogP contribution in [0.25, 0.3) is 11.3 Å². The molecule has 3 aromatic rings. The fourth-order valence-electron chi connectivity index (χ4n) is 3.33. The minimum Gasteiger partial charge on any atom is -0.329 e. The van der Waals surface area contributed by atoms with E-state index in [4.69, 9.17) is 0 Å². The Labute approximate surface area is 161 Å². The molecule has 138 valence electrons. The molecule has 0 aliphatic heterocycles. The van der Waals surface area contributed by atoms with Gasteiger partial charge in [-0.25, -0.2) is 9.37 Å². The second kappa shape index (κ2) is 7.88. The summed E-state index contributed by atoms with van der Waals surface area (Å²) in [5, 5.41) is 8.57. The Morgan fingerprint density at radius 2 is 1.93 bits per heavy atom. The zero-order valence-corrected chi connectivity index (χ0v) is 15.6. The van der Waals surface area contributed by atoms with Crippen molar-refractivity contribution in [1.82, 2.24) is 4.98 Å². The number of hydrogen-bond acceptors (Lipinski definition) is 4. The molecule has 1 saturated carbocycles. The van der Waals surface area contributed by atoms with Gasteiger partial charge in [0.05, 0.1) is 11.4 Å². The highest BCUT2D eigenvalue weighted by atomic mass is 32.1. The van der Waals surface area contributed by atoms with Gasteiger partial charge in [-0.15, -0.1) is 11.3 Å². The molecule has 27 heavy (non-hydrogen) atoms. The third-order valence-electron chi connectivity index (χ3n) is 4.77. The van der Waals surface area contributed by atoms with Crippen LogP contribution in [0.5, 0.6) is 0 Å². The molecule has 0 saturated heterocycles. The highest BCUT2D eigenvalue weighted by molar-refractivity contribution is 7.14. The summed E-state index contributed by atoms with van der Waals surface area (Å²) in [5.74, 6) is -0.0831. The highest BCUT2D eigenvalue weighted by Gasteiger charge is 2.22. The number of para-hydroxylation sites is 1. The number of benzene rings is 2. The van der Waals surface area contributed by atoms with Crippen LogP contribution in [-0.2, 0) is 4.79 Å². The van der Waals surface area contributed by atoms with Crippen LogP contribution in [0.3, 0.4) is 0 Å². The molecule has 1 aliphatic carbocycles. The Balaban J connectivity index is 1.48. The smallest absolute Gasteiger partial charge is 0.227 e. The van der Waals surface area contributed by atoms with Gasteiger partial charge in [-0.1, -0.05) is 37.1 Å². The summed E-state index contributed by atoms with van der Waals surface area (Å²) in [7, 11) is 0. The average molecular weight is 381 g/mol. The largest absolute Gasteiger partial charge is 0.329 e. The van der Waals surface area contributed by atoms with E-state index in [1.165, 1.54) is 17.4 Å². The van der Waals surface area contributed by atoms with Crippen LogP contribution in [0.4, 0.5) is 20.9 Å². The van der Waals surface area contributed by atoms with Gasteiger partial charge in [-0.05, 0) is 37.1 Å². The first-order valence-corrected chi connectivity index (χ1v) is 9.95. The number of anilines is 3. The van der Waals surface area contributed by atoms with E-state index in [0.717, 1.165) is 42.6 Å². The number of carbonyl (C=O) groups excluding carboxylic acids is 1. The van der Waals surface area contributed by atoms with Crippen LogP contribution >= 0.6 is 11.3 Å².